The molecule has 1 heterocycles. The van der Waals surface area contributed by atoms with E-state index in [0.717, 1.165) is 16.5 Å². The SMILES string of the molecule is CCNC(=NCc1cc(OC)ccc1OC(F)F)NCc1nccc2ccccc12.I. The molecule has 2 N–H and O–H groups in total. The normalized spacial score (nSPS) is 11.2. The summed E-state index contributed by atoms with van der Waals surface area (Å²) >= 11 is 0. The molecule has 0 bridgehead atoms. The van der Waals surface area contributed by atoms with Gasteiger partial charge in [-0.1, -0.05) is 24.3 Å². The molecule has 0 aliphatic rings. The van der Waals surface area contributed by atoms with Gasteiger partial charge in [-0.25, -0.2) is 4.99 Å². The zero-order valence-electron chi connectivity index (χ0n) is 17.3. The van der Waals surface area contributed by atoms with Crippen molar-refractivity contribution in [2.75, 3.05) is 13.7 Å². The van der Waals surface area contributed by atoms with Crippen LogP contribution in [0.1, 0.15) is 18.2 Å². The van der Waals surface area contributed by atoms with Crippen molar-refractivity contribution in [2.24, 2.45) is 4.99 Å². The van der Waals surface area contributed by atoms with Crippen molar-refractivity contribution in [1.82, 2.24) is 15.6 Å². The number of nitrogens with one attached hydrogen (secondary N) is 2. The Bertz CT molecular complexity index is 1010. The third-order valence-corrected chi connectivity index (χ3v) is 4.41. The Balaban J connectivity index is 0.00000341. The van der Waals surface area contributed by atoms with E-state index >= 15 is 0 Å². The molecule has 31 heavy (non-hydrogen) atoms. The Kier molecular flexibility index (Phi) is 9.70. The first kappa shape index (κ1) is 24.6. The van der Waals surface area contributed by atoms with E-state index in [1.165, 1.54) is 13.2 Å². The molecule has 0 saturated heterocycles. The summed E-state index contributed by atoms with van der Waals surface area (Å²) in [5, 5.41) is 8.56. The molecule has 1 aromatic heterocycles. The smallest absolute Gasteiger partial charge is 0.387 e. The zero-order chi connectivity index (χ0) is 21.3. The summed E-state index contributed by atoms with van der Waals surface area (Å²) in [5.41, 5.74) is 1.39. The van der Waals surface area contributed by atoms with E-state index in [0.29, 0.717) is 30.4 Å². The van der Waals surface area contributed by atoms with E-state index in [2.05, 4.69) is 25.3 Å². The minimum atomic E-state index is -2.91. The quantitative estimate of drug-likeness (QED) is 0.245. The van der Waals surface area contributed by atoms with Crippen LogP contribution in [0.25, 0.3) is 10.8 Å². The maximum absolute atomic E-state index is 12.7. The van der Waals surface area contributed by atoms with Crippen LogP contribution in [0.3, 0.4) is 0 Å². The van der Waals surface area contributed by atoms with Crippen molar-refractivity contribution in [2.45, 2.75) is 26.6 Å². The van der Waals surface area contributed by atoms with Gasteiger partial charge in [-0.15, -0.1) is 24.0 Å². The summed E-state index contributed by atoms with van der Waals surface area (Å²) in [6, 6.07) is 14.6. The summed E-state index contributed by atoms with van der Waals surface area (Å²) in [4.78, 5) is 8.97. The Morgan fingerprint density at radius 1 is 1.13 bits per heavy atom. The van der Waals surface area contributed by atoms with Crippen LogP contribution < -0.4 is 20.1 Å². The zero-order valence-corrected chi connectivity index (χ0v) is 19.6. The summed E-state index contributed by atoms with van der Waals surface area (Å²) < 4.78 is 35.2. The van der Waals surface area contributed by atoms with E-state index < -0.39 is 6.61 Å². The maximum Gasteiger partial charge on any atom is 0.387 e. The number of pyridine rings is 1. The van der Waals surface area contributed by atoms with Crippen LogP contribution in [0.2, 0.25) is 0 Å². The van der Waals surface area contributed by atoms with Crippen LogP contribution in [-0.2, 0) is 13.1 Å². The number of ether oxygens (including phenoxy) is 2. The number of fused-ring (bicyclic) bond motifs is 1. The van der Waals surface area contributed by atoms with Gasteiger partial charge in [-0.3, -0.25) is 4.98 Å². The lowest BCUT2D eigenvalue weighted by molar-refractivity contribution is -0.0504. The molecule has 0 amide bonds. The van der Waals surface area contributed by atoms with Crippen LogP contribution in [-0.4, -0.2) is 31.2 Å². The van der Waals surface area contributed by atoms with E-state index in [-0.39, 0.29) is 36.3 Å². The number of guanidine groups is 1. The average Bonchev–Trinajstić information content (AvgIpc) is 2.76. The molecule has 3 aromatic rings. The van der Waals surface area contributed by atoms with Crippen LogP contribution in [0, 0.1) is 0 Å². The topological polar surface area (TPSA) is 67.8 Å². The van der Waals surface area contributed by atoms with Crippen LogP contribution in [0.15, 0.2) is 59.7 Å². The second kappa shape index (κ2) is 12.2. The van der Waals surface area contributed by atoms with Crippen molar-refractivity contribution in [3.05, 3.63) is 66.0 Å². The van der Waals surface area contributed by atoms with E-state index in [9.17, 15) is 8.78 Å². The van der Waals surface area contributed by atoms with Crippen molar-refractivity contribution in [3.8, 4) is 11.5 Å². The maximum atomic E-state index is 12.7. The van der Waals surface area contributed by atoms with Gasteiger partial charge in [-0.2, -0.15) is 8.78 Å². The van der Waals surface area contributed by atoms with Crippen molar-refractivity contribution in [1.29, 1.82) is 0 Å². The van der Waals surface area contributed by atoms with Crippen LogP contribution in [0.5, 0.6) is 11.5 Å². The number of hydrogen-bond donors (Lipinski definition) is 2. The summed E-state index contributed by atoms with van der Waals surface area (Å²) in [5.74, 6) is 1.15. The molecule has 0 radical (unpaired) electrons. The van der Waals surface area contributed by atoms with Gasteiger partial charge >= 0.3 is 6.61 Å². The number of alkyl halides is 2. The third-order valence-electron chi connectivity index (χ3n) is 4.41. The third kappa shape index (κ3) is 6.91. The number of methoxy groups -OCH3 is 1. The first-order valence-corrected chi connectivity index (χ1v) is 9.57. The standard InChI is InChI=1S/C22H24F2N4O2.HI/c1-3-25-22(28-14-19-18-7-5-4-6-15(18)10-11-26-19)27-13-16-12-17(29-2)8-9-20(16)30-21(23)24;/h4-12,21H,3,13-14H2,1-2H3,(H2,25,27,28);1H. The number of halogens is 3. The fourth-order valence-electron chi connectivity index (χ4n) is 3.01. The minimum absolute atomic E-state index is 0. The molecule has 2 aromatic carbocycles. The molecule has 0 spiro atoms. The first-order valence-electron chi connectivity index (χ1n) is 9.57. The number of aromatic nitrogens is 1. The molecular weight excluding hydrogens is 517 g/mol. The van der Waals surface area contributed by atoms with E-state index in [1.807, 2.05) is 37.3 Å². The van der Waals surface area contributed by atoms with Crippen molar-refractivity contribution in [3.63, 3.8) is 0 Å². The number of rotatable bonds is 8. The molecule has 6 nitrogen and oxygen atoms in total. The highest BCUT2D eigenvalue weighted by Gasteiger charge is 2.11. The lowest BCUT2D eigenvalue weighted by atomic mass is 10.1. The molecular formula is C22H25F2IN4O2. The molecule has 0 saturated carbocycles. The van der Waals surface area contributed by atoms with Crippen molar-refractivity contribution >= 4 is 40.7 Å². The Hall–Kier alpha value is -2.69. The predicted molar refractivity (Wildman–Crippen MR) is 128 cm³/mol. The Morgan fingerprint density at radius 3 is 2.68 bits per heavy atom. The highest BCUT2D eigenvalue weighted by molar-refractivity contribution is 14.0. The molecule has 9 heteroatoms. The molecule has 0 unspecified atom stereocenters. The summed E-state index contributed by atoms with van der Waals surface area (Å²) in [6.45, 7) is 0.283. The van der Waals surface area contributed by atoms with Gasteiger partial charge in [0.2, 0.25) is 0 Å². The minimum Gasteiger partial charge on any atom is -0.497 e. The van der Waals surface area contributed by atoms with Gasteiger partial charge in [-0.05, 0) is 36.6 Å². The number of nitrogens with zero attached hydrogens (tertiary/aromatic N) is 2. The van der Waals surface area contributed by atoms with Crippen LogP contribution >= 0.6 is 24.0 Å². The molecule has 166 valence electrons. The highest BCUT2D eigenvalue weighted by atomic mass is 127. The van der Waals surface area contributed by atoms with Gasteiger partial charge in [0.05, 0.1) is 25.9 Å². The second-order valence-electron chi connectivity index (χ2n) is 6.38. The molecule has 3 rings (SSSR count). The number of hydrogen-bond acceptors (Lipinski definition) is 4. The number of benzene rings is 2. The lowest BCUT2D eigenvalue weighted by Crippen LogP contribution is -2.37. The van der Waals surface area contributed by atoms with E-state index in [4.69, 9.17) is 4.74 Å². The molecule has 0 aliphatic heterocycles. The Morgan fingerprint density at radius 2 is 1.94 bits per heavy atom. The molecule has 0 atom stereocenters. The fraction of sp³-hybridized carbons (Fsp3) is 0.273. The van der Waals surface area contributed by atoms with Gasteiger partial charge in [0.1, 0.15) is 11.5 Å². The Labute approximate surface area is 197 Å². The van der Waals surface area contributed by atoms with Gasteiger partial charge in [0, 0.05) is 23.7 Å². The van der Waals surface area contributed by atoms with Gasteiger partial charge < -0.3 is 20.1 Å². The molecule has 0 aliphatic carbocycles. The average molecular weight is 542 g/mol. The van der Waals surface area contributed by atoms with E-state index in [1.54, 1.807) is 18.3 Å². The first-order chi connectivity index (χ1) is 14.6. The second-order valence-corrected chi connectivity index (χ2v) is 6.38. The monoisotopic (exact) mass is 542 g/mol. The van der Waals surface area contributed by atoms with Crippen LogP contribution in [0.4, 0.5) is 8.78 Å². The largest absolute Gasteiger partial charge is 0.497 e. The summed E-state index contributed by atoms with van der Waals surface area (Å²) in [7, 11) is 1.51. The lowest BCUT2D eigenvalue weighted by Gasteiger charge is -2.14. The predicted octanol–water partition coefficient (Wildman–Crippen LogP) is 4.72. The highest BCUT2D eigenvalue weighted by Crippen LogP contribution is 2.26. The number of aliphatic imine (C=N–C) groups is 1. The summed E-state index contributed by atoms with van der Waals surface area (Å²) in [6.07, 6.45) is 1.77. The fourth-order valence-corrected chi connectivity index (χ4v) is 3.01. The van der Waals surface area contributed by atoms with Crippen molar-refractivity contribution < 1.29 is 18.3 Å². The van der Waals surface area contributed by atoms with Gasteiger partial charge in [0.15, 0.2) is 5.96 Å². The van der Waals surface area contributed by atoms with Gasteiger partial charge in [0.25, 0.3) is 0 Å². The molecule has 0 fully saturated rings.